The zero-order valence-corrected chi connectivity index (χ0v) is 6.35. The van der Waals surface area contributed by atoms with Crippen LogP contribution in [0.5, 0.6) is 0 Å². The van der Waals surface area contributed by atoms with Crippen molar-refractivity contribution in [3.05, 3.63) is 0 Å². The van der Waals surface area contributed by atoms with Gasteiger partial charge in [-0.15, -0.1) is 0 Å². The molecule has 0 saturated carbocycles. The summed E-state index contributed by atoms with van der Waals surface area (Å²) in [4.78, 5) is 0. The predicted octanol–water partition coefficient (Wildman–Crippen LogP) is 1.37. The number of hydrogen-bond donors (Lipinski definition) is 1. The average Bonchev–Trinajstić information content (AvgIpc) is 2.39. The van der Waals surface area contributed by atoms with Gasteiger partial charge in [0, 0.05) is 6.04 Å². The molecule has 1 heterocycles. The molecule has 0 aromatic rings. The summed E-state index contributed by atoms with van der Waals surface area (Å²) in [6.45, 7) is -1.44. The number of rotatable bonds is 4. The van der Waals surface area contributed by atoms with E-state index in [9.17, 15) is 8.78 Å². The normalized spacial score (nSPS) is 24.8. The lowest BCUT2D eigenvalue weighted by atomic mass is 10.2. The fourth-order valence-corrected chi connectivity index (χ4v) is 1.30. The van der Waals surface area contributed by atoms with E-state index in [4.69, 9.17) is 0 Å². The summed E-state index contributed by atoms with van der Waals surface area (Å²) in [6, 6.07) is 0.397. The van der Waals surface area contributed by atoms with Crippen molar-refractivity contribution in [3.8, 4) is 0 Å². The van der Waals surface area contributed by atoms with Crippen molar-refractivity contribution < 1.29 is 13.5 Å². The molecule has 1 N–H and O–H groups in total. The van der Waals surface area contributed by atoms with E-state index in [1.54, 1.807) is 0 Å². The van der Waals surface area contributed by atoms with Crippen LogP contribution in [0.1, 0.15) is 19.3 Å². The van der Waals surface area contributed by atoms with Crippen molar-refractivity contribution in [3.63, 3.8) is 0 Å². The molecule has 0 aliphatic carbocycles. The van der Waals surface area contributed by atoms with Gasteiger partial charge < -0.3 is 10.1 Å². The first-order chi connectivity index (χ1) is 5.29. The highest BCUT2D eigenvalue weighted by molar-refractivity contribution is 4.73. The molecule has 0 aromatic heterocycles. The first-order valence-corrected chi connectivity index (χ1v) is 3.92. The molecule has 1 rings (SSSR count). The quantitative estimate of drug-likeness (QED) is 0.679. The van der Waals surface area contributed by atoms with Crippen LogP contribution in [-0.2, 0) is 4.74 Å². The number of nitrogens with one attached hydrogen (secondary N) is 1. The van der Waals surface area contributed by atoms with Crippen LogP contribution in [0.15, 0.2) is 0 Å². The monoisotopic (exact) mass is 165 g/mol. The van der Waals surface area contributed by atoms with Crippen molar-refractivity contribution in [2.75, 3.05) is 13.2 Å². The summed E-state index contributed by atoms with van der Waals surface area (Å²) in [7, 11) is 0. The fraction of sp³-hybridized carbons (Fsp3) is 1.00. The predicted molar refractivity (Wildman–Crippen MR) is 37.6 cm³/mol. The van der Waals surface area contributed by atoms with Gasteiger partial charge in [0.15, 0.2) is 0 Å². The van der Waals surface area contributed by atoms with E-state index in [2.05, 4.69) is 10.1 Å². The summed E-state index contributed by atoms with van der Waals surface area (Å²) < 4.78 is 27.1. The van der Waals surface area contributed by atoms with Gasteiger partial charge in [0.2, 0.25) is 0 Å². The summed E-state index contributed by atoms with van der Waals surface area (Å²) >= 11 is 0. The lowest BCUT2D eigenvalue weighted by Gasteiger charge is -2.08. The Balaban J connectivity index is 1.94. The summed E-state index contributed by atoms with van der Waals surface area (Å²) in [6.07, 6.45) is 2.94. The maximum absolute atomic E-state index is 11.5. The second kappa shape index (κ2) is 4.62. The van der Waals surface area contributed by atoms with E-state index in [0.717, 1.165) is 19.4 Å². The molecular formula is C7H13F2NO. The second-order valence-electron chi connectivity index (χ2n) is 2.71. The highest BCUT2D eigenvalue weighted by Crippen LogP contribution is 2.09. The molecule has 4 heteroatoms. The molecule has 0 amide bonds. The minimum atomic E-state index is -2.61. The molecule has 1 fully saturated rings. The highest BCUT2D eigenvalue weighted by Gasteiger charge is 2.13. The molecule has 66 valence electrons. The third-order valence-corrected chi connectivity index (χ3v) is 1.87. The molecule has 1 aliphatic rings. The largest absolute Gasteiger partial charge is 0.345 e. The molecule has 0 aromatic carbocycles. The summed E-state index contributed by atoms with van der Waals surface area (Å²) in [5.74, 6) is 0. The second-order valence-corrected chi connectivity index (χ2v) is 2.71. The van der Waals surface area contributed by atoms with Crippen molar-refractivity contribution in [1.29, 1.82) is 0 Å². The zero-order chi connectivity index (χ0) is 8.10. The van der Waals surface area contributed by atoms with E-state index in [-0.39, 0.29) is 6.61 Å². The van der Waals surface area contributed by atoms with Crippen LogP contribution in [0.4, 0.5) is 8.78 Å². The van der Waals surface area contributed by atoms with Crippen molar-refractivity contribution in [2.24, 2.45) is 0 Å². The van der Waals surface area contributed by atoms with Crippen LogP contribution in [0, 0.1) is 0 Å². The average molecular weight is 165 g/mol. The van der Waals surface area contributed by atoms with E-state index in [1.165, 1.54) is 0 Å². The maximum atomic E-state index is 11.5. The van der Waals surface area contributed by atoms with Gasteiger partial charge in [-0.2, -0.15) is 8.78 Å². The first-order valence-electron chi connectivity index (χ1n) is 3.92. The Kier molecular flexibility index (Phi) is 3.72. The van der Waals surface area contributed by atoms with Gasteiger partial charge in [-0.1, -0.05) is 0 Å². The van der Waals surface area contributed by atoms with Crippen LogP contribution < -0.4 is 5.32 Å². The van der Waals surface area contributed by atoms with Crippen LogP contribution in [0.25, 0.3) is 0 Å². The maximum Gasteiger partial charge on any atom is 0.345 e. The Morgan fingerprint density at radius 3 is 2.91 bits per heavy atom. The highest BCUT2D eigenvalue weighted by atomic mass is 19.3. The molecule has 1 unspecified atom stereocenters. The standard InChI is InChI=1S/C7H13F2NO/c8-7(9)11-5-3-6-2-1-4-10-6/h6-7,10H,1-5H2. The van der Waals surface area contributed by atoms with E-state index >= 15 is 0 Å². The SMILES string of the molecule is FC(F)OCCC1CCCN1. The molecule has 1 aliphatic heterocycles. The van der Waals surface area contributed by atoms with Gasteiger partial charge in [-0.3, -0.25) is 0 Å². The Morgan fingerprint density at radius 2 is 2.36 bits per heavy atom. The van der Waals surface area contributed by atoms with Crippen LogP contribution >= 0.6 is 0 Å². The van der Waals surface area contributed by atoms with Crippen molar-refractivity contribution in [1.82, 2.24) is 5.32 Å². The lowest BCUT2D eigenvalue weighted by molar-refractivity contribution is -0.130. The zero-order valence-electron chi connectivity index (χ0n) is 6.35. The number of halogens is 2. The number of alkyl halides is 2. The van der Waals surface area contributed by atoms with Crippen molar-refractivity contribution in [2.45, 2.75) is 31.9 Å². The minimum Gasteiger partial charge on any atom is -0.323 e. The van der Waals surface area contributed by atoms with Crippen LogP contribution in [-0.4, -0.2) is 25.8 Å². The Morgan fingerprint density at radius 1 is 1.55 bits per heavy atom. The van der Waals surface area contributed by atoms with Gasteiger partial charge in [0.25, 0.3) is 0 Å². The Labute approximate surface area is 64.9 Å². The molecular weight excluding hydrogens is 152 g/mol. The Bertz CT molecular complexity index is 105. The molecule has 1 saturated heterocycles. The third kappa shape index (κ3) is 3.62. The number of ether oxygens (including phenoxy) is 1. The van der Waals surface area contributed by atoms with E-state index < -0.39 is 6.61 Å². The van der Waals surface area contributed by atoms with Gasteiger partial charge in [0.1, 0.15) is 0 Å². The molecule has 2 nitrogen and oxygen atoms in total. The minimum absolute atomic E-state index is 0.162. The fourth-order valence-electron chi connectivity index (χ4n) is 1.30. The Hall–Kier alpha value is -0.220. The summed E-state index contributed by atoms with van der Waals surface area (Å²) in [5, 5.41) is 3.21. The molecule has 0 radical (unpaired) electrons. The topological polar surface area (TPSA) is 21.3 Å². The van der Waals surface area contributed by atoms with Gasteiger partial charge in [0.05, 0.1) is 6.61 Å². The van der Waals surface area contributed by atoms with Gasteiger partial charge in [-0.05, 0) is 25.8 Å². The first kappa shape index (κ1) is 8.87. The smallest absolute Gasteiger partial charge is 0.323 e. The molecule has 0 bridgehead atoms. The van der Waals surface area contributed by atoms with Crippen LogP contribution in [0.3, 0.4) is 0 Å². The van der Waals surface area contributed by atoms with Crippen LogP contribution in [0.2, 0.25) is 0 Å². The molecule has 1 atom stereocenters. The van der Waals surface area contributed by atoms with Gasteiger partial charge >= 0.3 is 6.61 Å². The number of hydrogen-bond acceptors (Lipinski definition) is 2. The van der Waals surface area contributed by atoms with E-state index in [0.29, 0.717) is 12.5 Å². The third-order valence-electron chi connectivity index (χ3n) is 1.87. The molecule has 11 heavy (non-hydrogen) atoms. The van der Waals surface area contributed by atoms with E-state index in [1.807, 2.05) is 0 Å². The van der Waals surface area contributed by atoms with Gasteiger partial charge in [-0.25, -0.2) is 0 Å². The van der Waals surface area contributed by atoms with Crippen molar-refractivity contribution >= 4 is 0 Å². The molecule has 0 spiro atoms. The lowest BCUT2D eigenvalue weighted by Crippen LogP contribution is -2.23. The summed E-state index contributed by atoms with van der Waals surface area (Å²) in [5.41, 5.74) is 0.